The highest BCUT2D eigenvalue weighted by Gasteiger charge is 2.22. The van der Waals surface area contributed by atoms with Crippen molar-refractivity contribution in [2.45, 2.75) is 103 Å². The molecular weight excluding hydrogens is 306 g/mol. The SMILES string of the molecule is CCCCCCCCC[C@@H](C/C=C/C(C)=O)NS(=O)C(C)(C)C. The Morgan fingerprint density at radius 1 is 1.09 bits per heavy atom. The molecule has 1 unspecified atom stereocenters. The first-order valence-electron chi connectivity index (χ1n) is 9.12. The Kier molecular flexibility index (Phi) is 12.6. The molecule has 3 nitrogen and oxygen atoms in total. The molecule has 0 aromatic heterocycles. The zero-order valence-electron chi connectivity index (χ0n) is 15.8. The number of hydrogen-bond acceptors (Lipinski definition) is 2. The topological polar surface area (TPSA) is 46.2 Å². The third-order valence-electron chi connectivity index (χ3n) is 3.76. The molecule has 0 saturated carbocycles. The van der Waals surface area contributed by atoms with E-state index in [1.165, 1.54) is 38.5 Å². The van der Waals surface area contributed by atoms with E-state index in [1.807, 2.05) is 26.8 Å². The summed E-state index contributed by atoms with van der Waals surface area (Å²) in [6.07, 6.45) is 14.3. The zero-order chi connectivity index (χ0) is 17.7. The lowest BCUT2D eigenvalue weighted by Crippen LogP contribution is -2.39. The minimum Gasteiger partial charge on any atom is -0.295 e. The lowest BCUT2D eigenvalue weighted by Gasteiger charge is -2.23. The van der Waals surface area contributed by atoms with E-state index in [0.29, 0.717) is 0 Å². The monoisotopic (exact) mass is 343 g/mol. The molecule has 0 spiro atoms. The van der Waals surface area contributed by atoms with Crippen LogP contribution in [0.25, 0.3) is 0 Å². The number of carbonyl (C=O) groups excluding carboxylic acids is 1. The van der Waals surface area contributed by atoms with Gasteiger partial charge in [-0.2, -0.15) is 0 Å². The molecular formula is C19H37NO2S. The highest BCUT2D eigenvalue weighted by atomic mass is 32.2. The van der Waals surface area contributed by atoms with Crippen molar-refractivity contribution in [1.82, 2.24) is 4.72 Å². The van der Waals surface area contributed by atoms with Gasteiger partial charge in [0.15, 0.2) is 5.78 Å². The predicted molar refractivity (Wildman–Crippen MR) is 102 cm³/mol. The standard InChI is InChI=1S/C19H37NO2S/c1-6-7-8-9-10-11-12-15-18(16-13-14-17(2)21)20-23(22)19(3,4)5/h13-14,18,20H,6-12,15-16H2,1-5H3/b14-13+/t18-,23?/m0/s1. The maximum atomic E-state index is 12.3. The van der Waals surface area contributed by atoms with Crippen molar-refractivity contribution in [3.63, 3.8) is 0 Å². The first-order chi connectivity index (χ1) is 10.8. The van der Waals surface area contributed by atoms with Crippen LogP contribution >= 0.6 is 0 Å². The van der Waals surface area contributed by atoms with Gasteiger partial charge in [-0.15, -0.1) is 0 Å². The number of hydrogen-bond donors (Lipinski definition) is 1. The molecule has 0 radical (unpaired) electrons. The van der Waals surface area contributed by atoms with Crippen molar-refractivity contribution in [3.05, 3.63) is 12.2 Å². The van der Waals surface area contributed by atoms with Crippen LogP contribution in [0.5, 0.6) is 0 Å². The molecule has 0 aliphatic carbocycles. The molecule has 0 aromatic rings. The fourth-order valence-electron chi connectivity index (χ4n) is 2.30. The average Bonchev–Trinajstić information content (AvgIpc) is 2.44. The van der Waals surface area contributed by atoms with Gasteiger partial charge in [0, 0.05) is 6.04 Å². The number of nitrogens with one attached hydrogen (secondary N) is 1. The molecule has 2 atom stereocenters. The van der Waals surface area contributed by atoms with Crippen LogP contribution in [0, 0.1) is 0 Å². The van der Waals surface area contributed by atoms with E-state index in [4.69, 9.17) is 0 Å². The molecule has 0 aromatic carbocycles. The lowest BCUT2D eigenvalue weighted by molar-refractivity contribution is -0.112. The van der Waals surface area contributed by atoms with Crippen molar-refractivity contribution in [3.8, 4) is 0 Å². The van der Waals surface area contributed by atoms with E-state index in [0.717, 1.165) is 19.3 Å². The quantitative estimate of drug-likeness (QED) is 0.374. The second kappa shape index (κ2) is 12.9. The minimum absolute atomic E-state index is 0.0663. The Hall–Kier alpha value is -0.480. The largest absolute Gasteiger partial charge is 0.295 e. The first-order valence-corrected chi connectivity index (χ1v) is 10.3. The van der Waals surface area contributed by atoms with Crippen LogP contribution in [0.1, 0.15) is 92.4 Å². The van der Waals surface area contributed by atoms with Crippen molar-refractivity contribution < 1.29 is 9.00 Å². The minimum atomic E-state index is -1.06. The van der Waals surface area contributed by atoms with Gasteiger partial charge in [0.2, 0.25) is 0 Å². The molecule has 0 aliphatic heterocycles. The highest BCUT2D eigenvalue weighted by molar-refractivity contribution is 7.84. The Bertz CT molecular complexity index is 372. The van der Waals surface area contributed by atoms with Crippen LogP contribution in [-0.4, -0.2) is 20.8 Å². The van der Waals surface area contributed by atoms with Gasteiger partial charge in [0.05, 0.1) is 15.7 Å². The van der Waals surface area contributed by atoms with Crippen molar-refractivity contribution >= 4 is 16.8 Å². The predicted octanol–water partition coefficient (Wildman–Crippen LogP) is 5.08. The maximum Gasteiger partial charge on any atom is 0.152 e. The molecule has 0 fully saturated rings. The van der Waals surface area contributed by atoms with Crippen LogP contribution < -0.4 is 4.72 Å². The van der Waals surface area contributed by atoms with Crippen molar-refractivity contribution in [2.24, 2.45) is 0 Å². The lowest BCUT2D eigenvalue weighted by atomic mass is 10.0. The number of ketones is 1. The van der Waals surface area contributed by atoms with Crippen molar-refractivity contribution in [1.29, 1.82) is 0 Å². The number of carbonyl (C=O) groups is 1. The van der Waals surface area contributed by atoms with Gasteiger partial charge in [-0.3, -0.25) is 4.79 Å². The van der Waals surface area contributed by atoms with Crippen LogP contribution in [0.2, 0.25) is 0 Å². The van der Waals surface area contributed by atoms with E-state index in [9.17, 15) is 9.00 Å². The second-order valence-corrected chi connectivity index (χ2v) is 9.35. The summed E-state index contributed by atoms with van der Waals surface area (Å²) in [5.74, 6) is 0.0663. The summed E-state index contributed by atoms with van der Waals surface area (Å²) in [6, 6.07) is 0.182. The van der Waals surface area contributed by atoms with E-state index in [1.54, 1.807) is 13.0 Å². The summed E-state index contributed by atoms with van der Waals surface area (Å²) in [4.78, 5) is 11.0. The summed E-state index contributed by atoms with van der Waals surface area (Å²) in [7, 11) is -1.06. The molecule has 0 rings (SSSR count). The van der Waals surface area contributed by atoms with E-state index in [-0.39, 0.29) is 16.6 Å². The van der Waals surface area contributed by atoms with Crippen molar-refractivity contribution in [2.75, 3.05) is 0 Å². The number of allylic oxidation sites excluding steroid dienone is 1. The molecule has 0 saturated heterocycles. The summed E-state index contributed by atoms with van der Waals surface area (Å²) in [5.41, 5.74) is 0. The fourth-order valence-corrected chi connectivity index (χ4v) is 3.17. The van der Waals surface area contributed by atoms with Crippen LogP contribution in [0.15, 0.2) is 12.2 Å². The smallest absolute Gasteiger partial charge is 0.152 e. The van der Waals surface area contributed by atoms with E-state index >= 15 is 0 Å². The van der Waals surface area contributed by atoms with Gasteiger partial charge < -0.3 is 0 Å². The first kappa shape index (κ1) is 22.5. The van der Waals surface area contributed by atoms with Crippen LogP contribution in [-0.2, 0) is 15.8 Å². The van der Waals surface area contributed by atoms with Gasteiger partial charge in [0.1, 0.15) is 0 Å². The molecule has 23 heavy (non-hydrogen) atoms. The molecule has 1 N–H and O–H groups in total. The Labute approximate surface area is 146 Å². The summed E-state index contributed by atoms with van der Waals surface area (Å²) < 4.78 is 15.3. The summed E-state index contributed by atoms with van der Waals surface area (Å²) in [5, 5.41) is 0. The second-order valence-electron chi connectivity index (χ2n) is 7.35. The van der Waals surface area contributed by atoms with Gasteiger partial charge in [-0.05, 0) is 46.6 Å². The van der Waals surface area contributed by atoms with Crippen LogP contribution in [0.4, 0.5) is 0 Å². The Morgan fingerprint density at radius 3 is 2.17 bits per heavy atom. The fraction of sp³-hybridized carbons (Fsp3) is 0.842. The Balaban J connectivity index is 4.22. The Morgan fingerprint density at radius 2 is 1.65 bits per heavy atom. The molecule has 4 heteroatoms. The molecule has 0 heterocycles. The summed E-state index contributed by atoms with van der Waals surface area (Å²) in [6.45, 7) is 9.73. The third-order valence-corrected chi connectivity index (χ3v) is 5.42. The number of unbranched alkanes of at least 4 members (excludes halogenated alkanes) is 6. The zero-order valence-corrected chi connectivity index (χ0v) is 16.6. The van der Waals surface area contributed by atoms with Gasteiger partial charge >= 0.3 is 0 Å². The van der Waals surface area contributed by atoms with Crippen LogP contribution in [0.3, 0.4) is 0 Å². The normalized spacial score (nSPS) is 15.0. The third kappa shape index (κ3) is 13.6. The molecule has 0 aliphatic rings. The molecule has 0 amide bonds. The van der Waals surface area contributed by atoms with Gasteiger partial charge in [0.25, 0.3) is 0 Å². The molecule has 136 valence electrons. The highest BCUT2D eigenvalue weighted by Crippen LogP contribution is 2.15. The van der Waals surface area contributed by atoms with E-state index < -0.39 is 11.0 Å². The summed E-state index contributed by atoms with van der Waals surface area (Å²) >= 11 is 0. The molecule has 0 bridgehead atoms. The van der Waals surface area contributed by atoms with Gasteiger partial charge in [-0.25, -0.2) is 8.93 Å². The maximum absolute atomic E-state index is 12.3. The average molecular weight is 344 g/mol. The van der Waals surface area contributed by atoms with E-state index in [2.05, 4.69) is 11.6 Å². The van der Waals surface area contributed by atoms with Gasteiger partial charge in [-0.1, -0.05) is 57.9 Å². The number of rotatable bonds is 13.